The summed E-state index contributed by atoms with van der Waals surface area (Å²) in [6.45, 7) is 0. The van der Waals surface area contributed by atoms with Crippen LogP contribution in [0.15, 0.2) is 15.9 Å². The molecule has 1 aromatic rings. The number of aryl methyl sites for hydroxylation is 1. The van der Waals surface area contributed by atoms with E-state index in [0.29, 0.717) is 4.90 Å². The molecule has 5 nitrogen and oxygen atoms in total. The zero-order valence-corrected chi connectivity index (χ0v) is 8.76. The average Bonchev–Trinajstić information content (AvgIpc) is 2.13. The summed E-state index contributed by atoms with van der Waals surface area (Å²) in [5.74, 6) is -1.47. The quantitative estimate of drug-likeness (QED) is 0.644. The SMILES string of the molecule is Cn1ncc(SCC(=O)[O-])c(Cl)c1=O. The maximum atomic E-state index is 11.2. The predicted molar refractivity (Wildman–Crippen MR) is 50.2 cm³/mol. The summed E-state index contributed by atoms with van der Waals surface area (Å²) in [4.78, 5) is 21.7. The number of carboxylic acids is 1. The van der Waals surface area contributed by atoms with Crippen LogP contribution in [0.1, 0.15) is 0 Å². The van der Waals surface area contributed by atoms with E-state index in [4.69, 9.17) is 11.6 Å². The van der Waals surface area contributed by atoms with Crippen LogP contribution in [-0.4, -0.2) is 21.5 Å². The number of nitrogens with zero attached hydrogens (tertiary/aromatic N) is 2. The molecule has 0 unspecified atom stereocenters. The molecule has 7 heteroatoms. The summed E-state index contributed by atoms with van der Waals surface area (Å²) in [7, 11) is 1.46. The molecule has 0 aliphatic carbocycles. The first-order valence-electron chi connectivity index (χ1n) is 3.57. The van der Waals surface area contributed by atoms with Crippen molar-refractivity contribution in [3.63, 3.8) is 0 Å². The molecule has 0 N–H and O–H groups in total. The van der Waals surface area contributed by atoms with Crippen molar-refractivity contribution in [2.24, 2.45) is 7.05 Å². The van der Waals surface area contributed by atoms with Gasteiger partial charge in [0.2, 0.25) is 0 Å². The Morgan fingerprint density at radius 3 is 3.00 bits per heavy atom. The van der Waals surface area contributed by atoms with Gasteiger partial charge in [0.25, 0.3) is 5.56 Å². The number of carbonyl (C=O) groups is 1. The largest absolute Gasteiger partial charge is 0.549 e. The van der Waals surface area contributed by atoms with E-state index in [9.17, 15) is 14.7 Å². The van der Waals surface area contributed by atoms with Gasteiger partial charge < -0.3 is 9.90 Å². The van der Waals surface area contributed by atoms with E-state index in [1.54, 1.807) is 0 Å². The van der Waals surface area contributed by atoms with Gasteiger partial charge in [0.05, 0.1) is 17.1 Å². The van der Waals surface area contributed by atoms with Gasteiger partial charge in [0, 0.05) is 12.8 Å². The van der Waals surface area contributed by atoms with E-state index in [1.165, 1.54) is 13.2 Å². The lowest BCUT2D eigenvalue weighted by molar-refractivity contribution is -0.301. The zero-order chi connectivity index (χ0) is 10.7. The van der Waals surface area contributed by atoms with E-state index in [2.05, 4.69) is 5.10 Å². The second kappa shape index (κ2) is 4.47. The van der Waals surface area contributed by atoms with Crippen molar-refractivity contribution in [3.05, 3.63) is 21.6 Å². The van der Waals surface area contributed by atoms with Crippen molar-refractivity contribution < 1.29 is 9.90 Å². The highest BCUT2D eigenvalue weighted by Crippen LogP contribution is 2.22. The van der Waals surface area contributed by atoms with Gasteiger partial charge in [-0.15, -0.1) is 11.8 Å². The molecule has 0 aromatic carbocycles. The van der Waals surface area contributed by atoms with Gasteiger partial charge in [-0.3, -0.25) is 4.79 Å². The first kappa shape index (κ1) is 11.1. The predicted octanol–water partition coefficient (Wildman–Crippen LogP) is -0.724. The number of rotatable bonds is 3. The maximum Gasteiger partial charge on any atom is 0.286 e. The van der Waals surface area contributed by atoms with Crippen molar-refractivity contribution >= 4 is 29.3 Å². The second-order valence-corrected chi connectivity index (χ2v) is 3.81. The third-order valence-corrected chi connectivity index (χ3v) is 2.87. The number of halogens is 1. The first-order chi connectivity index (χ1) is 6.52. The fourth-order valence-electron chi connectivity index (χ4n) is 0.733. The minimum atomic E-state index is -1.22. The lowest BCUT2D eigenvalue weighted by atomic mass is 10.6. The molecule has 0 saturated carbocycles. The number of hydrogen-bond donors (Lipinski definition) is 0. The van der Waals surface area contributed by atoms with Gasteiger partial charge in [-0.2, -0.15) is 5.10 Å². The highest BCUT2D eigenvalue weighted by atomic mass is 35.5. The Hall–Kier alpha value is -1.01. The van der Waals surface area contributed by atoms with Crippen molar-refractivity contribution in [2.45, 2.75) is 4.90 Å². The smallest absolute Gasteiger partial charge is 0.286 e. The van der Waals surface area contributed by atoms with Gasteiger partial charge in [0.1, 0.15) is 5.02 Å². The van der Waals surface area contributed by atoms with Crippen LogP contribution >= 0.6 is 23.4 Å². The molecular formula is C7H6ClN2O3S-. The number of aromatic nitrogens is 2. The molecular weight excluding hydrogens is 228 g/mol. The molecule has 0 saturated heterocycles. The Morgan fingerprint density at radius 2 is 2.43 bits per heavy atom. The highest BCUT2D eigenvalue weighted by Gasteiger charge is 2.07. The van der Waals surface area contributed by atoms with Crippen LogP contribution in [0.5, 0.6) is 0 Å². The van der Waals surface area contributed by atoms with Crippen molar-refractivity contribution in [1.82, 2.24) is 9.78 Å². The minimum Gasteiger partial charge on any atom is -0.549 e. The van der Waals surface area contributed by atoms with Crippen LogP contribution in [0.2, 0.25) is 5.02 Å². The molecule has 0 amide bonds. The maximum absolute atomic E-state index is 11.2. The van der Waals surface area contributed by atoms with Crippen LogP contribution < -0.4 is 10.7 Å². The fraction of sp³-hybridized carbons (Fsp3) is 0.286. The van der Waals surface area contributed by atoms with E-state index >= 15 is 0 Å². The second-order valence-electron chi connectivity index (χ2n) is 2.41. The molecule has 0 atom stereocenters. The molecule has 0 aliphatic heterocycles. The molecule has 1 rings (SSSR count). The lowest BCUT2D eigenvalue weighted by Crippen LogP contribution is -2.25. The number of carbonyl (C=O) groups excluding carboxylic acids is 1. The summed E-state index contributed by atoms with van der Waals surface area (Å²) in [5, 5.41) is 13.8. The first-order valence-corrected chi connectivity index (χ1v) is 4.93. The molecule has 76 valence electrons. The number of hydrogen-bond acceptors (Lipinski definition) is 5. The third kappa shape index (κ3) is 2.49. The Balaban J connectivity index is 2.94. The van der Waals surface area contributed by atoms with Gasteiger partial charge in [0.15, 0.2) is 0 Å². The topological polar surface area (TPSA) is 75.0 Å². The van der Waals surface area contributed by atoms with Crippen molar-refractivity contribution in [2.75, 3.05) is 5.75 Å². The number of carboxylic acid groups (broad SMARTS) is 1. The third-order valence-electron chi connectivity index (χ3n) is 1.39. The van der Waals surface area contributed by atoms with E-state index < -0.39 is 11.5 Å². The van der Waals surface area contributed by atoms with E-state index in [0.717, 1.165) is 16.4 Å². The Kier molecular flexibility index (Phi) is 3.54. The summed E-state index contributed by atoms with van der Waals surface area (Å²) < 4.78 is 1.07. The van der Waals surface area contributed by atoms with Gasteiger partial charge in [-0.25, -0.2) is 4.68 Å². The van der Waals surface area contributed by atoms with E-state index in [1.807, 2.05) is 0 Å². The van der Waals surface area contributed by atoms with Gasteiger partial charge >= 0.3 is 0 Å². The molecule has 0 spiro atoms. The number of aliphatic carboxylic acids is 1. The Labute approximate surface area is 88.7 Å². The Morgan fingerprint density at radius 1 is 1.79 bits per heavy atom. The standard InChI is InChI=1S/C7H7ClN2O3S/c1-10-7(13)6(8)4(2-9-10)14-3-5(11)12/h2H,3H2,1H3,(H,11,12)/p-1. The molecule has 1 heterocycles. The van der Waals surface area contributed by atoms with E-state index in [-0.39, 0.29) is 10.8 Å². The molecule has 0 bridgehead atoms. The average molecular weight is 234 g/mol. The molecule has 0 fully saturated rings. The Bertz CT molecular complexity index is 418. The fourth-order valence-corrected chi connectivity index (χ4v) is 1.68. The summed E-state index contributed by atoms with van der Waals surface area (Å²) >= 11 is 6.58. The normalized spacial score (nSPS) is 10.1. The van der Waals surface area contributed by atoms with Crippen LogP contribution in [-0.2, 0) is 11.8 Å². The van der Waals surface area contributed by atoms with Gasteiger partial charge in [-0.05, 0) is 0 Å². The van der Waals surface area contributed by atoms with Crippen molar-refractivity contribution in [1.29, 1.82) is 0 Å². The summed E-state index contributed by atoms with van der Waals surface area (Å²) in [5.41, 5.74) is -0.449. The van der Waals surface area contributed by atoms with Crippen LogP contribution in [0.25, 0.3) is 0 Å². The van der Waals surface area contributed by atoms with Crippen LogP contribution in [0.3, 0.4) is 0 Å². The molecule has 0 radical (unpaired) electrons. The zero-order valence-electron chi connectivity index (χ0n) is 7.19. The summed E-state index contributed by atoms with van der Waals surface area (Å²) in [6.07, 6.45) is 1.34. The highest BCUT2D eigenvalue weighted by molar-refractivity contribution is 8.00. The van der Waals surface area contributed by atoms with Crippen LogP contribution in [0.4, 0.5) is 0 Å². The number of thioether (sulfide) groups is 1. The minimum absolute atomic E-state index is 0.0197. The lowest BCUT2D eigenvalue weighted by Gasteiger charge is -2.04. The van der Waals surface area contributed by atoms with Crippen molar-refractivity contribution in [3.8, 4) is 0 Å². The molecule has 1 aromatic heterocycles. The molecule has 14 heavy (non-hydrogen) atoms. The summed E-state index contributed by atoms with van der Waals surface area (Å²) in [6, 6.07) is 0. The molecule has 0 aliphatic rings. The van der Waals surface area contributed by atoms with Crippen LogP contribution in [0, 0.1) is 0 Å². The van der Waals surface area contributed by atoms with Gasteiger partial charge in [-0.1, -0.05) is 11.6 Å². The monoisotopic (exact) mass is 233 g/mol.